The van der Waals surface area contributed by atoms with Crippen molar-refractivity contribution in [3.63, 3.8) is 0 Å². The molecule has 2 heterocycles. The maximum atomic E-state index is 13.4. The van der Waals surface area contributed by atoms with Gasteiger partial charge in [-0.15, -0.1) is 0 Å². The van der Waals surface area contributed by atoms with E-state index in [9.17, 15) is 22.4 Å². The summed E-state index contributed by atoms with van der Waals surface area (Å²) in [6.45, 7) is 3.79. The number of carbonyl (C=O) groups is 1. The number of nitrogens with zero attached hydrogens (tertiary/aromatic N) is 4. The molecule has 6 nitrogen and oxygen atoms in total. The molecule has 168 valence electrons. The highest BCUT2D eigenvalue weighted by Crippen LogP contribution is 2.32. The van der Waals surface area contributed by atoms with Gasteiger partial charge in [-0.25, -0.2) is 4.39 Å². The van der Waals surface area contributed by atoms with E-state index < -0.39 is 17.6 Å². The van der Waals surface area contributed by atoms with Crippen LogP contribution in [0.3, 0.4) is 0 Å². The van der Waals surface area contributed by atoms with E-state index in [4.69, 9.17) is 4.52 Å². The Labute approximate surface area is 181 Å². The van der Waals surface area contributed by atoms with Crippen molar-refractivity contribution in [2.45, 2.75) is 19.1 Å². The standard InChI is InChI=1S/C22H20F4N4O2/c1-14(20-27-19(28-32-20)15-4-2-6-17(12-15)22(24,25)26)29-8-10-30(11-9-29)21(31)16-5-3-7-18(23)13-16/h2-7,12-14H,8-11H2,1H3/t14-/m0/s1. The van der Waals surface area contributed by atoms with Crippen molar-refractivity contribution in [1.82, 2.24) is 19.9 Å². The summed E-state index contributed by atoms with van der Waals surface area (Å²) in [5, 5.41) is 3.84. The second kappa shape index (κ2) is 8.70. The molecule has 2 aromatic carbocycles. The van der Waals surface area contributed by atoms with Crippen LogP contribution in [-0.4, -0.2) is 52.0 Å². The third-order valence-corrected chi connectivity index (χ3v) is 5.47. The Morgan fingerprint density at radius 3 is 2.47 bits per heavy atom. The molecule has 0 radical (unpaired) electrons. The molecule has 0 aliphatic carbocycles. The van der Waals surface area contributed by atoms with Crippen LogP contribution in [0.1, 0.15) is 34.8 Å². The Morgan fingerprint density at radius 1 is 1.06 bits per heavy atom. The molecule has 4 rings (SSSR count). The van der Waals surface area contributed by atoms with E-state index >= 15 is 0 Å². The zero-order chi connectivity index (χ0) is 22.9. The van der Waals surface area contributed by atoms with Gasteiger partial charge < -0.3 is 9.42 Å². The number of halogens is 4. The molecular formula is C22H20F4N4O2. The van der Waals surface area contributed by atoms with Gasteiger partial charge >= 0.3 is 6.18 Å². The molecule has 3 aromatic rings. The molecule has 1 aromatic heterocycles. The lowest BCUT2D eigenvalue weighted by molar-refractivity contribution is -0.137. The Bertz CT molecular complexity index is 1110. The van der Waals surface area contributed by atoms with Crippen LogP contribution in [0.2, 0.25) is 0 Å². The number of hydrogen-bond acceptors (Lipinski definition) is 5. The van der Waals surface area contributed by atoms with Crippen LogP contribution in [0.4, 0.5) is 17.6 Å². The van der Waals surface area contributed by atoms with Gasteiger partial charge in [0.05, 0.1) is 11.6 Å². The van der Waals surface area contributed by atoms with Crippen molar-refractivity contribution in [2.75, 3.05) is 26.2 Å². The third-order valence-electron chi connectivity index (χ3n) is 5.47. The third kappa shape index (κ3) is 4.64. The van der Waals surface area contributed by atoms with E-state index in [0.717, 1.165) is 12.1 Å². The van der Waals surface area contributed by atoms with Gasteiger partial charge in [0.15, 0.2) is 0 Å². The molecule has 1 fully saturated rings. The lowest BCUT2D eigenvalue weighted by atomic mass is 10.1. The smallest absolute Gasteiger partial charge is 0.337 e. The molecule has 0 N–H and O–H groups in total. The average molecular weight is 448 g/mol. The van der Waals surface area contributed by atoms with Crippen LogP contribution in [0.25, 0.3) is 11.4 Å². The quantitative estimate of drug-likeness (QED) is 0.554. The highest BCUT2D eigenvalue weighted by atomic mass is 19.4. The fourth-order valence-electron chi connectivity index (χ4n) is 3.63. The molecule has 10 heteroatoms. The number of piperazine rings is 1. The molecule has 1 aliphatic rings. The van der Waals surface area contributed by atoms with Crippen molar-refractivity contribution < 1.29 is 26.9 Å². The molecular weight excluding hydrogens is 428 g/mol. The van der Waals surface area contributed by atoms with Crippen molar-refractivity contribution in [3.8, 4) is 11.4 Å². The molecule has 32 heavy (non-hydrogen) atoms. The summed E-state index contributed by atoms with van der Waals surface area (Å²) in [5.41, 5.74) is -0.268. The molecule has 0 bridgehead atoms. The zero-order valence-electron chi connectivity index (χ0n) is 17.1. The predicted molar refractivity (Wildman–Crippen MR) is 107 cm³/mol. The second-order valence-electron chi connectivity index (χ2n) is 7.55. The number of benzene rings is 2. The highest BCUT2D eigenvalue weighted by Gasteiger charge is 2.31. The van der Waals surface area contributed by atoms with Crippen LogP contribution in [0.5, 0.6) is 0 Å². The van der Waals surface area contributed by atoms with E-state index in [1.807, 2.05) is 11.8 Å². The van der Waals surface area contributed by atoms with Gasteiger partial charge in [0.25, 0.3) is 5.91 Å². The van der Waals surface area contributed by atoms with Crippen molar-refractivity contribution in [1.29, 1.82) is 0 Å². The fraction of sp³-hybridized carbons (Fsp3) is 0.318. The van der Waals surface area contributed by atoms with Crippen LogP contribution >= 0.6 is 0 Å². The number of alkyl halides is 3. The van der Waals surface area contributed by atoms with Crippen molar-refractivity contribution in [2.24, 2.45) is 0 Å². The number of hydrogen-bond donors (Lipinski definition) is 0. The summed E-state index contributed by atoms with van der Waals surface area (Å²) in [4.78, 5) is 20.6. The van der Waals surface area contributed by atoms with E-state index in [1.54, 1.807) is 11.0 Å². The minimum absolute atomic E-state index is 0.0814. The van der Waals surface area contributed by atoms with Crippen LogP contribution in [-0.2, 0) is 6.18 Å². The largest absolute Gasteiger partial charge is 0.416 e. The summed E-state index contributed by atoms with van der Waals surface area (Å²) in [6.07, 6.45) is -4.46. The minimum atomic E-state index is -4.46. The van der Waals surface area contributed by atoms with E-state index in [-0.39, 0.29) is 29.2 Å². The number of aromatic nitrogens is 2. The van der Waals surface area contributed by atoms with Gasteiger partial charge in [-0.3, -0.25) is 9.69 Å². The van der Waals surface area contributed by atoms with E-state index in [1.165, 1.54) is 30.3 Å². The average Bonchev–Trinajstić information content (AvgIpc) is 3.28. The number of rotatable bonds is 4. The van der Waals surface area contributed by atoms with Gasteiger partial charge in [-0.1, -0.05) is 23.4 Å². The topological polar surface area (TPSA) is 62.5 Å². The summed E-state index contributed by atoms with van der Waals surface area (Å²) < 4.78 is 57.6. The first kappa shape index (κ1) is 21.9. The summed E-state index contributed by atoms with van der Waals surface area (Å²) in [7, 11) is 0. The SMILES string of the molecule is C[C@@H](c1nc(-c2cccc(C(F)(F)F)c2)no1)N1CCN(C(=O)c2cccc(F)c2)CC1. The van der Waals surface area contributed by atoms with Gasteiger partial charge in [0.1, 0.15) is 5.82 Å². The molecule has 1 saturated heterocycles. The number of carbonyl (C=O) groups excluding carboxylic acids is 1. The molecule has 0 spiro atoms. The highest BCUT2D eigenvalue weighted by molar-refractivity contribution is 5.94. The van der Waals surface area contributed by atoms with Crippen LogP contribution in [0, 0.1) is 5.82 Å². The van der Waals surface area contributed by atoms with Crippen molar-refractivity contribution >= 4 is 5.91 Å². The van der Waals surface area contributed by atoms with Gasteiger partial charge in [0.2, 0.25) is 11.7 Å². The predicted octanol–water partition coefficient (Wildman–Crippen LogP) is 4.41. The first-order valence-electron chi connectivity index (χ1n) is 10.0. The Hall–Kier alpha value is -3.27. The normalized spacial score (nSPS) is 16.2. The van der Waals surface area contributed by atoms with Crippen LogP contribution < -0.4 is 0 Å². The molecule has 1 aliphatic heterocycles. The summed E-state index contributed by atoms with van der Waals surface area (Å²) >= 11 is 0. The lowest BCUT2D eigenvalue weighted by Crippen LogP contribution is -2.49. The number of amides is 1. The Balaban J connectivity index is 1.41. The van der Waals surface area contributed by atoms with E-state index in [0.29, 0.717) is 31.7 Å². The lowest BCUT2D eigenvalue weighted by Gasteiger charge is -2.36. The second-order valence-corrected chi connectivity index (χ2v) is 7.55. The monoisotopic (exact) mass is 448 g/mol. The fourth-order valence-corrected chi connectivity index (χ4v) is 3.63. The van der Waals surface area contributed by atoms with Gasteiger partial charge in [-0.05, 0) is 37.3 Å². The first-order chi connectivity index (χ1) is 15.2. The summed E-state index contributed by atoms with van der Waals surface area (Å²) in [5.74, 6) is -0.335. The zero-order valence-corrected chi connectivity index (χ0v) is 17.1. The maximum Gasteiger partial charge on any atom is 0.416 e. The van der Waals surface area contributed by atoms with Crippen molar-refractivity contribution in [3.05, 3.63) is 71.4 Å². The van der Waals surface area contributed by atoms with Crippen LogP contribution in [0.15, 0.2) is 53.1 Å². The Morgan fingerprint density at radius 2 is 1.78 bits per heavy atom. The van der Waals surface area contributed by atoms with Gasteiger partial charge in [0, 0.05) is 37.3 Å². The molecule has 1 amide bonds. The van der Waals surface area contributed by atoms with Gasteiger partial charge in [-0.2, -0.15) is 18.2 Å². The minimum Gasteiger partial charge on any atom is -0.337 e. The molecule has 0 unspecified atom stereocenters. The Kier molecular flexibility index (Phi) is 5.96. The maximum absolute atomic E-state index is 13.4. The molecule has 0 saturated carbocycles. The molecule has 1 atom stereocenters. The van der Waals surface area contributed by atoms with E-state index in [2.05, 4.69) is 10.1 Å². The summed E-state index contributed by atoms with van der Waals surface area (Å²) in [6, 6.07) is 10.0. The first-order valence-corrected chi connectivity index (χ1v) is 10.0.